The molecule has 0 fully saturated rings. The third-order valence-corrected chi connectivity index (χ3v) is 2.24. The molecule has 0 atom stereocenters. The van der Waals surface area contributed by atoms with Gasteiger partial charge in [0.25, 0.3) is 0 Å². The molecule has 0 saturated heterocycles. The van der Waals surface area contributed by atoms with Gasteiger partial charge in [0.2, 0.25) is 0 Å². The fourth-order valence-corrected chi connectivity index (χ4v) is 1.36. The molecule has 0 radical (unpaired) electrons. The molecule has 1 rings (SSSR count). The van der Waals surface area contributed by atoms with E-state index in [2.05, 4.69) is 5.32 Å². The smallest absolute Gasteiger partial charge is 0.140 e. The lowest BCUT2D eigenvalue weighted by Crippen LogP contribution is -2.15. The molecule has 0 unspecified atom stereocenters. The number of hydrogen-bond acceptors (Lipinski definition) is 3. The molecule has 0 bridgehead atoms. The van der Waals surface area contributed by atoms with E-state index < -0.39 is 5.82 Å². The molecule has 16 heavy (non-hydrogen) atoms. The van der Waals surface area contributed by atoms with Gasteiger partial charge in [0.15, 0.2) is 0 Å². The van der Waals surface area contributed by atoms with Crippen LogP contribution in [0.2, 0.25) is 0 Å². The van der Waals surface area contributed by atoms with E-state index in [9.17, 15) is 4.39 Å². The number of rotatable bonds is 6. The summed E-state index contributed by atoms with van der Waals surface area (Å²) in [4.78, 5) is 0. The number of unbranched alkanes of at least 4 members (excludes halogenated alkanes) is 1. The van der Waals surface area contributed by atoms with E-state index in [0.717, 1.165) is 24.9 Å². The van der Waals surface area contributed by atoms with E-state index in [1.54, 1.807) is 12.1 Å². The second-order valence-electron chi connectivity index (χ2n) is 3.53. The molecule has 0 aliphatic heterocycles. The Kier molecular flexibility index (Phi) is 5.48. The van der Waals surface area contributed by atoms with Gasteiger partial charge < -0.3 is 10.4 Å². The van der Waals surface area contributed by atoms with E-state index in [1.807, 2.05) is 6.07 Å². The highest BCUT2D eigenvalue weighted by Crippen LogP contribution is 2.09. The number of nitriles is 1. The molecule has 0 aliphatic carbocycles. The van der Waals surface area contributed by atoms with Crippen molar-refractivity contribution < 1.29 is 9.50 Å². The first-order valence-corrected chi connectivity index (χ1v) is 5.28. The molecule has 0 saturated carbocycles. The zero-order chi connectivity index (χ0) is 11.8. The molecule has 1 aromatic carbocycles. The molecule has 2 N–H and O–H groups in total. The molecule has 3 nitrogen and oxygen atoms in total. The number of nitrogens with one attached hydrogen (secondary N) is 1. The quantitative estimate of drug-likeness (QED) is 0.718. The van der Waals surface area contributed by atoms with Crippen LogP contribution >= 0.6 is 0 Å². The Morgan fingerprint density at radius 2 is 2.19 bits per heavy atom. The SMILES string of the molecule is N#Cc1cc(CNCCCCO)ccc1F. The normalized spacial score (nSPS) is 10.1. The number of halogens is 1. The van der Waals surface area contributed by atoms with Crippen LogP contribution in [0.5, 0.6) is 0 Å². The summed E-state index contributed by atoms with van der Waals surface area (Å²) in [6.45, 7) is 1.62. The van der Waals surface area contributed by atoms with Crippen LogP contribution in [-0.2, 0) is 6.54 Å². The maximum Gasteiger partial charge on any atom is 0.140 e. The molecule has 0 aliphatic rings. The Morgan fingerprint density at radius 1 is 1.38 bits per heavy atom. The zero-order valence-electron chi connectivity index (χ0n) is 9.04. The molecular weight excluding hydrogens is 207 g/mol. The first-order valence-electron chi connectivity index (χ1n) is 5.28. The van der Waals surface area contributed by atoms with Gasteiger partial charge in [-0.15, -0.1) is 0 Å². The Bertz CT molecular complexity index is 374. The van der Waals surface area contributed by atoms with Gasteiger partial charge >= 0.3 is 0 Å². The third-order valence-electron chi connectivity index (χ3n) is 2.24. The lowest BCUT2D eigenvalue weighted by molar-refractivity contribution is 0.283. The summed E-state index contributed by atoms with van der Waals surface area (Å²) in [7, 11) is 0. The van der Waals surface area contributed by atoms with Crippen LogP contribution in [0.3, 0.4) is 0 Å². The Morgan fingerprint density at radius 3 is 2.88 bits per heavy atom. The third kappa shape index (κ3) is 3.97. The predicted octanol–water partition coefficient (Wildman–Crippen LogP) is 1.56. The van der Waals surface area contributed by atoms with Gasteiger partial charge in [-0.2, -0.15) is 5.26 Å². The lowest BCUT2D eigenvalue weighted by Gasteiger charge is -2.04. The van der Waals surface area contributed by atoms with Crippen LogP contribution in [0.4, 0.5) is 4.39 Å². The van der Waals surface area contributed by atoms with Crippen molar-refractivity contribution in [2.24, 2.45) is 0 Å². The number of aliphatic hydroxyl groups is 1. The predicted molar refractivity (Wildman–Crippen MR) is 59.1 cm³/mol. The van der Waals surface area contributed by atoms with Crippen LogP contribution in [0.15, 0.2) is 18.2 Å². The summed E-state index contributed by atoms with van der Waals surface area (Å²) in [6, 6.07) is 6.33. The molecular formula is C12H15FN2O. The largest absolute Gasteiger partial charge is 0.396 e. The van der Waals surface area contributed by atoms with Gasteiger partial charge in [-0.3, -0.25) is 0 Å². The molecule has 0 aromatic heterocycles. The summed E-state index contributed by atoms with van der Waals surface area (Å²) in [6.07, 6.45) is 1.68. The van der Waals surface area contributed by atoms with E-state index in [1.165, 1.54) is 6.07 Å². The standard InChI is InChI=1S/C12H15FN2O/c13-12-4-3-10(7-11(12)8-14)9-15-5-1-2-6-16/h3-4,7,15-16H,1-2,5-6,9H2. The van der Waals surface area contributed by atoms with E-state index >= 15 is 0 Å². The van der Waals surface area contributed by atoms with Crippen molar-refractivity contribution in [2.45, 2.75) is 19.4 Å². The molecule has 0 spiro atoms. The minimum Gasteiger partial charge on any atom is -0.396 e. The topological polar surface area (TPSA) is 56.0 Å². The Balaban J connectivity index is 2.40. The van der Waals surface area contributed by atoms with Crippen molar-refractivity contribution in [3.8, 4) is 6.07 Å². The van der Waals surface area contributed by atoms with Crippen LogP contribution in [0.25, 0.3) is 0 Å². The number of hydrogen-bond donors (Lipinski definition) is 2. The second kappa shape index (κ2) is 6.94. The Hall–Kier alpha value is -1.44. The van der Waals surface area contributed by atoms with Gasteiger partial charge in [-0.05, 0) is 37.1 Å². The van der Waals surface area contributed by atoms with E-state index in [4.69, 9.17) is 10.4 Å². The maximum atomic E-state index is 13.0. The van der Waals surface area contributed by atoms with Crippen molar-refractivity contribution in [3.05, 3.63) is 35.1 Å². The summed E-state index contributed by atoms with van der Waals surface area (Å²) < 4.78 is 13.0. The number of benzene rings is 1. The Labute approximate surface area is 94.5 Å². The highest BCUT2D eigenvalue weighted by atomic mass is 19.1. The van der Waals surface area contributed by atoms with Crippen molar-refractivity contribution in [1.29, 1.82) is 5.26 Å². The second-order valence-corrected chi connectivity index (χ2v) is 3.53. The molecule has 0 heterocycles. The first-order chi connectivity index (χ1) is 7.77. The van der Waals surface area contributed by atoms with Crippen LogP contribution in [0, 0.1) is 17.1 Å². The summed E-state index contributed by atoms with van der Waals surface area (Å²) in [5.74, 6) is -0.480. The minimum atomic E-state index is -0.480. The fraction of sp³-hybridized carbons (Fsp3) is 0.417. The summed E-state index contributed by atoms with van der Waals surface area (Å²) >= 11 is 0. The van der Waals surface area contributed by atoms with E-state index in [-0.39, 0.29) is 12.2 Å². The van der Waals surface area contributed by atoms with Crippen molar-refractivity contribution in [1.82, 2.24) is 5.32 Å². The van der Waals surface area contributed by atoms with Gasteiger partial charge in [-0.25, -0.2) is 4.39 Å². The average Bonchev–Trinajstić information content (AvgIpc) is 2.31. The highest BCUT2D eigenvalue weighted by Gasteiger charge is 2.01. The zero-order valence-corrected chi connectivity index (χ0v) is 9.04. The maximum absolute atomic E-state index is 13.0. The van der Waals surface area contributed by atoms with Crippen LogP contribution in [-0.4, -0.2) is 18.3 Å². The highest BCUT2D eigenvalue weighted by molar-refractivity contribution is 5.34. The molecule has 0 amide bonds. The van der Waals surface area contributed by atoms with Crippen LogP contribution < -0.4 is 5.32 Å². The monoisotopic (exact) mass is 222 g/mol. The molecule has 4 heteroatoms. The number of aliphatic hydroxyl groups excluding tert-OH is 1. The average molecular weight is 222 g/mol. The van der Waals surface area contributed by atoms with Gasteiger partial charge in [0.1, 0.15) is 11.9 Å². The lowest BCUT2D eigenvalue weighted by atomic mass is 10.1. The summed E-state index contributed by atoms with van der Waals surface area (Å²) in [5.41, 5.74) is 0.969. The van der Waals surface area contributed by atoms with Gasteiger partial charge in [0.05, 0.1) is 5.56 Å². The van der Waals surface area contributed by atoms with Crippen LogP contribution in [0.1, 0.15) is 24.0 Å². The first kappa shape index (κ1) is 12.6. The molecule has 86 valence electrons. The van der Waals surface area contributed by atoms with E-state index in [0.29, 0.717) is 6.54 Å². The molecule has 1 aromatic rings. The fourth-order valence-electron chi connectivity index (χ4n) is 1.36. The van der Waals surface area contributed by atoms with Crippen molar-refractivity contribution >= 4 is 0 Å². The number of nitrogens with zero attached hydrogens (tertiary/aromatic N) is 1. The van der Waals surface area contributed by atoms with Gasteiger partial charge in [-0.1, -0.05) is 6.07 Å². The summed E-state index contributed by atoms with van der Waals surface area (Å²) in [5, 5.41) is 20.4. The minimum absolute atomic E-state index is 0.0784. The van der Waals surface area contributed by atoms with Crippen molar-refractivity contribution in [2.75, 3.05) is 13.2 Å². The van der Waals surface area contributed by atoms with Crippen molar-refractivity contribution in [3.63, 3.8) is 0 Å². The van der Waals surface area contributed by atoms with Gasteiger partial charge in [0, 0.05) is 13.2 Å².